The van der Waals surface area contributed by atoms with Gasteiger partial charge in [-0.25, -0.2) is 13.6 Å². The molecule has 4 heteroatoms. The lowest BCUT2D eigenvalue weighted by Gasteiger charge is -2.13. The van der Waals surface area contributed by atoms with Crippen LogP contribution >= 0.6 is 0 Å². The van der Waals surface area contributed by atoms with Crippen LogP contribution in [0.1, 0.15) is 17.0 Å². The van der Waals surface area contributed by atoms with Gasteiger partial charge in [-0.3, -0.25) is 0 Å². The third kappa shape index (κ3) is 1.76. The number of carboxylic acids is 1. The second-order valence-corrected chi connectivity index (χ2v) is 3.64. The van der Waals surface area contributed by atoms with E-state index in [4.69, 9.17) is 5.11 Å². The third-order valence-electron chi connectivity index (χ3n) is 2.54. The summed E-state index contributed by atoms with van der Waals surface area (Å²) in [5, 5.41) is 8.37. The molecule has 16 heavy (non-hydrogen) atoms. The van der Waals surface area contributed by atoms with Gasteiger partial charge in [0.1, 0.15) is 5.92 Å². The van der Waals surface area contributed by atoms with Crippen molar-refractivity contribution < 1.29 is 18.7 Å². The van der Waals surface area contributed by atoms with Crippen molar-refractivity contribution in [2.45, 2.75) is 18.3 Å². The van der Waals surface area contributed by atoms with Crippen molar-refractivity contribution in [2.75, 3.05) is 0 Å². The van der Waals surface area contributed by atoms with Crippen molar-refractivity contribution in [1.29, 1.82) is 0 Å². The maximum Gasteiger partial charge on any atom is 0.381 e. The van der Waals surface area contributed by atoms with Gasteiger partial charge in [0, 0.05) is 12.3 Å². The number of hydrogen-bond donors (Lipinski definition) is 1. The lowest BCUT2D eigenvalue weighted by molar-refractivity contribution is -0.130. The highest BCUT2D eigenvalue weighted by atomic mass is 19.3. The maximum atomic E-state index is 13.6. The Morgan fingerprint density at radius 1 is 1.44 bits per heavy atom. The average Bonchev–Trinajstić information content (AvgIpc) is 2.44. The Labute approximate surface area is 90.9 Å². The number of aliphatic carboxylic acids is 1. The predicted octanol–water partition coefficient (Wildman–Crippen LogP) is 2.05. The molecule has 1 aliphatic rings. The molecule has 0 fully saturated rings. The van der Waals surface area contributed by atoms with Crippen LogP contribution in [-0.4, -0.2) is 17.0 Å². The molecule has 0 bridgehead atoms. The predicted molar refractivity (Wildman–Crippen MR) is 53.2 cm³/mol. The smallest absolute Gasteiger partial charge is 0.381 e. The van der Waals surface area contributed by atoms with E-state index < -0.39 is 17.8 Å². The molecule has 1 aromatic carbocycles. The molecular weight excluding hydrogens is 214 g/mol. The number of carboxylic acid groups (broad SMARTS) is 1. The van der Waals surface area contributed by atoms with Crippen molar-refractivity contribution in [3.63, 3.8) is 0 Å². The van der Waals surface area contributed by atoms with Gasteiger partial charge in [0.15, 0.2) is 0 Å². The summed E-state index contributed by atoms with van der Waals surface area (Å²) in [7, 11) is 0. The SMILES string of the molecule is O=C(O)C#CC1c2ccccc2CC1(F)F. The molecule has 0 saturated carbocycles. The zero-order chi connectivity index (χ0) is 11.8. The standard InChI is InChI=1S/C12H8F2O2/c13-12(14)7-8-3-1-2-4-9(8)10(12)5-6-11(15)16/h1-4,10H,7H2,(H,15,16). The summed E-state index contributed by atoms with van der Waals surface area (Å²) in [6.45, 7) is 0. The first-order chi connectivity index (χ1) is 7.50. The fourth-order valence-electron chi connectivity index (χ4n) is 1.88. The van der Waals surface area contributed by atoms with E-state index in [1.54, 1.807) is 30.2 Å². The molecule has 0 radical (unpaired) electrons. The van der Waals surface area contributed by atoms with Crippen LogP contribution < -0.4 is 0 Å². The van der Waals surface area contributed by atoms with Crippen LogP contribution in [0, 0.1) is 11.8 Å². The van der Waals surface area contributed by atoms with Gasteiger partial charge in [0.2, 0.25) is 0 Å². The minimum absolute atomic E-state index is 0.373. The Hall–Kier alpha value is -1.89. The largest absolute Gasteiger partial charge is 0.472 e. The number of carbonyl (C=O) groups is 1. The Balaban J connectivity index is 2.44. The van der Waals surface area contributed by atoms with Crippen LogP contribution in [0.25, 0.3) is 0 Å². The maximum absolute atomic E-state index is 13.6. The minimum atomic E-state index is -2.98. The lowest BCUT2D eigenvalue weighted by atomic mass is 10.00. The number of benzene rings is 1. The van der Waals surface area contributed by atoms with Gasteiger partial charge in [0.05, 0.1) is 0 Å². The summed E-state index contributed by atoms with van der Waals surface area (Å²) in [5.74, 6) is -1.78. The second-order valence-electron chi connectivity index (χ2n) is 3.64. The second kappa shape index (κ2) is 3.60. The van der Waals surface area contributed by atoms with Crippen LogP contribution in [0.3, 0.4) is 0 Å². The summed E-state index contributed by atoms with van der Waals surface area (Å²) in [6, 6.07) is 6.51. The molecule has 2 rings (SSSR count). The first kappa shape index (κ1) is 10.6. The Kier molecular flexibility index (Phi) is 2.39. The Morgan fingerprint density at radius 2 is 2.12 bits per heavy atom. The number of fused-ring (bicyclic) bond motifs is 1. The monoisotopic (exact) mass is 222 g/mol. The molecule has 0 amide bonds. The van der Waals surface area contributed by atoms with E-state index in [-0.39, 0.29) is 6.42 Å². The summed E-state index contributed by atoms with van der Waals surface area (Å²) in [6.07, 6.45) is -0.373. The molecule has 1 aromatic rings. The lowest BCUT2D eigenvalue weighted by Crippen LogP contribution is -2.21. The van der Waals surface area contributed by atoms with E-state index in [0.717, 1.165) is 0 Å². The highest BCUT2D eigenvalue weighted by Gasteiger charge is 2.46. The molecule has 0 aromatic heterocycles. The molecule has 1 aliphatic carbocycles. The zero-order valence-electron chi connectivity index (χ0n) is 8.21. The van der Waals surface area contributed by atoms with Crippen molar-refractivity contribution >= 4 is 5.97 Å². The van der Waals surface area contributed by atoms with E-state index in [1.807, 2.05) is 0 Å². The van der Waals surface area contributed by atoms with Crippen LogP contribution in [0.15, 0.2) is 24.3 Å². The van der Waals surface area contributed by atoms with Gasteiger partial charge in [0.25, 0.3) is 5.92 Å². The highest BCUT2D eigenvalue weighted by molar-refractivity contribution is 5.86. The highest BCUT2D eigenvalue weighted by Crippen LogP contribution is 2.44. The van der Waals surface area contributed by atoms with Crippen molar-refractivity contribution in [1.82, 2.24) is 0 Å². The number of halogens is 2. The molecule has 0 heterocycles. The van der Waals surface area contributed by atoms with Gasteiger partial charge < -0.3 is 5.11 Å². The average molecular weight is 222 g/mol. The molecule has 2 nitrogen and oxygen atoms in total. The normalized spacial score (nSPS) is 20.8. The quantitative estimate of drug-likeness (QED) is 0.682. The molecule has 0 spiro atoms. The van der Waals surface area contributed by atoms with E-state index >= 15 is 0 Å². The van der Waals surface area contributed by atoms with Crippen LogP contribution in [0.2, 0.25) is 0 Å². The molecular formula is C12H8F2O2. The fraction of sp³-hybridized carbons (Fsp3) is 0.250. The first-order valence-corrected chi connectivity index (χ1v) is 4.71. The molecule has 1 unspecified atom stereocenters. The minimum Gasteiger partial charge on any atom is -0.472 e. The van der Waals surface area contributed by atoms with Gasteiger partial charge in [-0.2, -0.15) is 0 Å². The summed E-state index contributed by atoms with van der Waals surface area (Å²) in [5.41, 5.74) is 0.971. The molecule has 1 N–H and O–H groups in total. The summed E-state index contributed by atoms with van der Waals surface area (Å²) < 4.78 is 27.1. The summed E-state index contributed by atoms with van der Waals surface area (Å²) in [4.78, 5) is 10.3. The Morgan fingerprint density at radius 3 is 2.81 bits per heavy atom. The summed E-state index contributed by atoms with van der Waals surface area (Å²) >= 11 is 0. The van der Waals surface area contributed by atoms with Crippen LogP contribution in [-0.2, 0) is 11.2 Å². The number of alkyl halides is 2. The van der Waals surface area contributed by atoms with Crippen molar-refractivity contribution in [3.8, 4) is 11.8 Å². The van der Waals surface area contributed by atoms with Crippen molar-refractivity contribution in [3.05, 3.63) is 35.4 Å². The van der Waals surface area contributed by atoms with Crippen molar-refractivity contribution in [2.24, 2.45) is 0 Å². The van der Waals surface area contributed by atoms with Gasteiger partial charge in [-0.05, 0) is 11.1 Å². The first-order valence-electron chi connectivity index (χ1n) is 4.71. The molecule has 82 valence electrons. The zero-order valence-corrected chi connectivity index (χ0v) is 8.21. The van der Waals surface area contributed by atoms with Gasteiger partial charge in [-0.1, -0.05) is 30.2 Å². The fourth-order valence-corrected chi connectivity index (χ4v) is 1.88. The van der Waals surface area contributed by atoms with E-state index in [1.165, 1.54) is 0 Å². The molecule has 0 aliphatic heterocycles. The van der Waals surface area contributed by atoms with E-state index in [9.17, 15) is 13.6 Å². The third-order valence-corrected chi connectivity index (χ3v) is 2.54. The molecule has 0 saturated heterocycles. The van der Waals surface area contributed by atoms with Crippen LogP contribution in [0.4, 0.5) is 8.78 Å². The number of rotatable bonds is 0. The van der Waals surface area contributed by atoms with E-state index in [2.05, 4.69) is 5.92 Å². The van der Waals surface area contributed by atoms with Gasteiger partial charge in [-0.15, -0.1) is 0 Å². The Bertz CT molecular complexity index is 497. The van der Waals surface area contributed by atoms with E-state index in [0.29, 0.717) is 11.1 Å². The van der Waals surface area contributed by atoms with Crippen LogP contribution in [0.5, 0.6) is 0 Å². The molecule has 1 atom stereocenters. The van der Waals surface area contributed by atoms with Gasteiger partial charge >= 0.3 is 5.97 Å². The number of hydrogen-bond acceptors (Lipinski definition) is 1. The topological polar surface area (TPSA) is 37.3 Å².